The molecule has 0 saturated carbocycles. The van der Waals surface area contributed by atoms with Gasteiger partial charge in [-0.1, -0.05) is 26.2 Å². The Labute approximate surface area is 163 Å². The van der Waals surface area contributed by atoms with Crippen molar-refractivity contribution in [2.24, 2.45) is 0 Å². The molecule has 0 bridgehead atoms. The summed E-state index contributed by atoms with van der Waals surface area (Å²) in [5.41, 5.74) is 1.67. The Morgan fingerprint density at radius 3 is 2.68 bits per heavy atom. The first-order valence-corrected chi connectivity index (χ1v) is 9.56. The molecule has 7 heteroatoms. The third-order valence-corrected chi connectivity index (χ3v) is 4.64. The van der Waals surface area contributed by atoms with E-state index in [-0.39, 0.29) is 5.63 Å². The fourth-order valence-electron chi connectivity index (χ4n) is 3.03. The Balaban J connectivity index is 2.16. The van der Waals surface area contributed by atoms with Crippen LogP contribution in [0.4, 0.5) is 0 Å². The predicted molar refractivity (Wildman–Crippen MR) is 106 cm³/mol. The maximum atomic E-state index is 12.4. The first-order valence-electron chi connectivity index (χ1n) is 9.56. The molecule has 28 heavy (non-hydrogen) atoms. The van der Waals surface area contributed by atoms with Crippen LogP contribution in [0.2, 0.25) is 0 Å². The molecule has 152 valence electrons. The van der Waals surface area contributed by atoms with E-state index in [9.17, 15) is 14.4 Å². The van der Waals surface area contributed by atoms with E-state index in [2.05, 4.69) is 12.2 Å². The normalized spacial score (nSPS) is 12.0. The molecule has 0 aliphatic heterocycles. The van der Waals surface area contributed by atoms with Gasteiger partial charge >= 0.3 is 11.6 Å². The zero-order valence-corrected chi connectivity index (χ0v) is 16.5. The molecule has 1 atom stereocenters. The van der Waals surface area contributed by atoms with E-state index in [0.29, 0.717) is 23.3 Å². The van der Waals surface area contributed by atoms with Crippen LogP contribution in [0.5, 0.6) is 5.75 Å². The standard InChI is InChI=1S/C21H27NO6/c1-4-5-6-7-8-17-13(2)16-10-9-15(11-18(16)28-21(17)26)27-14(3)20(25)22-12-19(23)24/h9-11,14H,4-8,12H2,1-3H3,(H,22,25)(H,23,24)/t14-/m0/s1. The second kappa shape index (κ2) is 9.92. The van der Waals surface area contributed by atoms with Gasteiger partial charge in [0, 0.05) is 17.0 Å². The Bertz CT molecular complexity index is 902. The van der Waals surface area contributed by atoms with Gasteiger partial charge in [0.05, 0.1) is 0 Å². The molecule has 7 nitrogen and oxygen atoms in total. The van der Waals surface area contributed by atoms with Crippen LogP contribution in [0.15, 0.2) is 27.4 Å². The third-order valence-electron chi connectivity index (χ3n) is 4.64. The van der Waals surface area contributed by atoms with Crippen molar-refractivity contribution in [1.82, 2.24) is 5.32 Å². The van der Waals surface area contributed by atoms with Crippen LogP contribution in [-0.4, -0.2) is 29.6 Å². The summed E-state index contributed by atoms with van der Waals surface area (Å²) in [5, 5.41) is 11.7. The van der Waals surface area contributed by atoms with E-state index in [4.69, 9.17) is 14.3 Å². The van der Waals surface area contributed by atoms with Gasteiger partial charge in [-0.05, 0) is 44.4 Å². The third kappa shape index (κ3) is 5.58. The van der Waals surface area contributed by atoms with Gasteiger partial charge in [0.25, 0.3) is 5.91 Å². The first-order chi connectivity index (χ1) is 13.3. The van der Waals surface area contributed by atoms with Crippen molar-refractivity contribution in [3.8, 4) is 5.75 Å². The van der Waals surface area contributed by atoms with Crippen LogP contribution in [0, 0.1) is 6.92 Å². The van der Waals surface area contributed by atoms with Crippen molar-refractivity contribution in [2.75, 3.05) is 6.54 Å². The van der Waals surface area contributed by atoms with Crippen LogP contribution in [-0.2, 0) is 16.0 Å². The van der Waals surface area contributed by atoms with Crippen molar-refractivity contribution in [3.63, 3.8) is 0 Å². The van der Waals surface area contributed by atoms with E-state index in [1.807, 2.05) is 6.92 Å². The van der Waals surface area contributed by atoms with Crippen molar-refractivity contribution in [3.05, 3.63) is 39.7 Å². The Morgan fingerprint density at radius 2 is 2.00 bits per heavy atom. The quantitative estimate of drug-likeness (QED) is 0.477. The van der Waals surface area contributed by atoms with Gasteiger partial charge in [0.15, 0.2) is 6.10 Å². The Morgan fingerprint density at radius 1 is 1.25 bits per heavy atom. The van der Waals surface area contributed by atoms with Gasteiger partial charge in [0.2, 0.25) is 0 Å². The zero-order chi connectivity index (χ0) is 20.7. The number of amides is 1. The molecule has 2 rings (SSSR count). The summed E-state index contributed by atoms with van der Waals surface area (Å²) in [7, 11) is 0. The number of aliphatic carboxylic acids is 1. The zero-order valence-electron chi connectivity index (χ0n) is 16.5. The van der Waals surface area contributed by atoms with Gasteiger partial charge in [-0.25, -0.2) is 4.79 Å². The lowest BCUT2D eigenvalue weighted by molar-refractivity contribution is -0.139. The van der Waals surface area contributed by atoms with E-state index < -0.39 is 24.5 Å². The van der Waals surface area contributed by atoms with E-state index in [1.54, 1.807) is 18.2 Å². The average Bonchev–Trinajstić information content (AvgIpc) is 2.65. The highest BCUT2D eigenvalue weighted by atomic mass is 16.5. The summed E-state index contributed by atoms with van der Waals surface area (Å²) in [5.74, 6) is -1.31. The highest BCUT2D eigenvalue weighted by Crippen LogP contribution is 2.25. The topological polar surface area (TPSA) is 106 Å². The second-order valence-electron chi connectivity index (χ2n) is 6.83. The molecule has 1 aromatic heterocycles. The van der Waals surface area contributed by atoms with E-state index >= 15 is 0 Å². The SMILES string of the molecule is CCCCCCc1c(C)c2ccc(O[C@@H](C)C(=O)NCC(=O)O)cc2oc1=O. The minimum Gasteiger partial charge on any atom is -0.481 e. The maximum absolute atomic E-state index is 12.4. The summed E-state index contributed by atoms with van der Waals surface area (Å²) in [6, 6.07) is 5.09. The minimum atomic E-state index is -1.13. The lowest BCUT2D eigenvalue weighted by Gasteiger charge is -2.15. The molecule has 0 aliphatic rings. The molecule has 0 fully saturated rings. The van der Waals surface area contributed by atoms with Crippen molar-refractivity contribution in [1.29, 1.82) is 0 Å². The molecule has 0 unspecified atom stereocenters. The van der Waals surface area contributed by atoms with Crippen molar-refractivity contribution < 1.29 is 23.8 Å². The summed E-state index contributed by atoms with van der Waals surface area (Å²) >= 11 is 0. The Hall–Kier alpha value is -2.83. The van der Waals surface area contributed by atoms with Gasteiger partial charge in [0.1, 0.15) is 17.9 Å². The van der Waals surface area contributed by atoms with Crippen molar-refractivity contribution in [2.45, 2.75) is 59.0 Å². The molecule has 0 spiro atoms. The fourth-order valence-corrected chi connectivity index (χ4v) is 3.03. The second-order valence-corrected chi connectivity index (χ2v) is 6.83. The molecule has 1 aromatic carbocycles. The van der Waals surface area contributed by atoms with Crippen LogP contribution in [0.1, 0.15) is 50.7 Å². The van der Waals surface area contributed by atoms with Gasteiger partial charge in [-0.3, -0.25) is 9.59 Å². The van der Waals surface area contributed by atoms with E-state index in [1.165, 1.54) is 6.92 Å². The van der Waals surface area contributed by atoms with E-state index in [0.717, 1.165) is 36.6 Å². The number of rotatable bonds is 10. The number of benzene rings is 1. The number of hydrogen-bond acceptors (Lipinski definition) is 5. The predicted octanol–water partition coefficient (Wildman–Crippen LogP) is 3.19. The number of unbranched alkanes of at least 4 members (excludes halogenated alkanes) is 3. The van der Waals surface area contributed by atoms with Crippen LogP contribution in [0.25, 0.3) is 11.0 Å². The number of ether oxygens (including phenoxy) is 1. The average molecular weight is 389 g/mol. The highest BCUT2D eigenvalue weighted by Gasteiger charge is 2.17. The van der Waals surface area contributed by atoms with Crippen LogP contribution in [0.3, 0.4) is 0 Å². The number of carboxylic acids is 1. The number of carbonyl (C=O) groups excluding carboxylic acids is 1. The molecule has 1 heterocycles. The first kappa shape index (κ1) is 21.5. The highest BCUT2D eigenvalue weighted by molar-refractivity contribution is 5.85. The molecular formula is C21H27NO6. The molecule has 0 aliphatic carbocycles. The maximum Gasteiger partial charge on any atom is 0.339 e. The molecule has 0 saturated heterocycles. The number of hydrogen-bond donors (Lipinski definition) is 2. The largest absolute Gasteiger partial charge is 0.481 e. The summed E-state index contributed by atoms with van der Waals surface area (Å²) in [6.07, 6.45) is 4.14. The lowest BCUT2D eigenvalue weighted by Crippen LogP contribution is -2.39. The smallest absolute Gasteiger partial charge is 0.339 e. The number of carbonyl (C=O) groups is 2. The lowest BCUT2D eigenvalue weighted by atomic mass is 10.0. The molecule has 0 radical (unpaired) electrons. The summed E-state index contributed by atoms with van der Waals surface area (Å²) < 4.78 is 11.0. The molecular weight excluding hydrogens is 362 g/mol. The number of carboxylic acid groups (broad SMARTS) is 1. The fraction of sp³-hybridized carbons (Fsp3) is 0.476. The van der Waals surface area contributed by atoms with Gasteiger partial charge in [-0.2, -0.15) is 0 Å². The molecule has 2 N–H and O–H groups in total. The Kier molecular flexibility index (Phi) is 7.61. The number of fused-ring (bicyclic) bond motifs is 1. The summed E-state index contributed by atoms with van der Waals surface area (Å²) in [6.45, 7) is 5.10. The number of aryl methyl sites for hydroxylation is 1. The van der Waals surface area contributed by atoms with Crippen LogP contribution < -0.4 is 15.7 Å². The molecule has 2 aromatic rings. The summed E-state index contributed by atoms with van der Waals surface area (Å²) in [4.78, 5) is 34.7. The van der Waals surface area contributed by atoms with Crippen LogP contribution >= 0.6 is 0 Å². The van der Waals surface area contributed by atoms with Crippen molar-refractivity contribution >= 4 is 22.8 Å². The monoisotopic (exact) mass is 389 g/mol. The number of nitrogens with one attached hydrogen (secondary N) is 1. The van der Waals surface area contributed by atoms with Gasteiger partial charge < -0.3 is 19.6 Å². The minimum absolute atomic E-state index is 0.342. The molecule has 1 amide bonds. The van der Waals surface area contributed by atoms with Gasteiger partial charge in [-0.15, -0.1) is 0 Å².